The summed E-state index contributed by atoms with van der Waals surface area (Å²) in [7, 11) is -4.15. The standard InChI is InChI=1S/C31H42N3O9P/c1-21-13-15-25(16-14-21)43-44(38,34-23(3)30(36)39-19-24-11-7-6-8-12-24)40-20-26-18-27(42-31(4,5)37)29(41-26)33-17-9-10-22(2)28(32)35/h6-17,23,26-27,29,33,37H,18-20H2,1-5H3,(H2,32,35)(H,34,38)/b17-9-,22-10+/t23?,26?,27?,29-,44?/m1/s1. The molecule has 0 saturated carbocycles. The Bertz CT molecular complexity index is 1340. The maximum Gasteiger partial charge on any atom is 0.459 e. The number of hydrogen-bond donors (Lipinski definition) is 4. The van der Waals surface area contributed by atoms with Crippen LogP contribution in [0.5, 0.6) is 5.75 Å². The molecule has 1 aliphatic rings. The number of carbonyl (C=O) groups excluding carboxylic acids is 2. The van der Waals surface area contributed by atoms with E-state index in [0.717, 1.165) is 11.1 Å². The number of hydrogen-bond acceptors (Lipinski definition) is 10. The quantitative estimate of drug-likeness (QED) is 0.0695. The minimum atomic E-state index is -4.15. The van der Waals surface area contributed by atoms with Crippen LogP contribution in [0.25, 0.3) is 0 Å². The normalized spacial score (nSPS) is 21.0. The monoisotopic (exact) mass is 631 g/mol. The van der Waals surface area contributed by atoms with E-state index < -0.39 is 49.9 Å². The Labute approximate surface area is 258 Å². The van der Waals surface area contributed by atoms with E-state index in [2.05, 4.69) is 10.4 Å². The largest absolute Gasteiger partial charge is 0.460 e. The zero-order chi connectivity index (χ0) is 32.3. The highest BCUT2D eigenvalue weighted by atomic mass is 31.2. The van der Waals surface area contributed by atoms with Crippen molar-refractivity contribution in [2.45, 2.75) is 77.9 Å². The van der Waals surface area contributed by atoms with Gasteiger partial charge in [-0.15, -0.1) is 0 Å². The van der Waals surface area contributed by atoms with Crippen LogP contribution in [-0.2, 0) is 39.5 Å². The topological polar surface area (TPSA) is 168 Å². The van der Waals surface area contributed by atoms with Gasteiger partial charge in [-0.3, -0.25) is 14.1 Å². The van der Waals surface area contributed by atoms with Crippen molar-refractivity contribution in [3.8, 4) is 5.75 Å². The fourth-order valence-electron chi connectivity index (χ4n) is 4.05. The van der Waals surface area contributed by atoms with Crippen LogP contribution < -0.4 is 20.7 Å². The van der Waals surface area contributed by atoms with Gasteiger partial charge in [-0.25, -0.2) is 4.57 Å². The maximum atomic E-state index is 14.0. The van der Waals surface area contributed by atoms with E-state index >= 15 is 0 Å². The SMILES string of the molecule is C/C(=C\C=C/N[C@@H]1OC(COP(=O)(NC(C)C(=O)OCc2ccccc2)Oc2ccc(C)cc2)CC1OC(C)(C)O)C(N)=O. The molecule has 2 aromatic carbocycles. The van der Waals surface area contributed by atoms with E-state index in [0.29, 0.717) is 5.57 Å². The maximum absolute atomic E-state index is 14.0. The summed E-state index contributed by atoms with van der Waals surface area (Å²) in [6, 6.07) is 15.0. The highest BCUT2D eigenvalue weighted by Gasteiger charge is 2.41. The first-order valence-electron chi connectivity index (χ1n) is 14.2. The minimum absolute atomic E-state index is 0.0505. The summed E-state index contributed by atoms with van der Waals surface area (Å²) in [6.07, 6.45) is 2.97. The molecule has 0 spiro atoms. The fraction of sp³-hybridized carbons (Fsp3) is 0.419. The van der Waals surface area contributed by atoms with Crippen LogP contribution in [0.4, 0.5) is 0 Å². The van der Waals surface area contributed by atoms with Gasteiger partial charge in [0.2, 0.25) is 5.91 Å². The number of nitrogens with one attached hydrogen (secondary N) is 2. The Kier molecular flexibility index (Phi) is 12.7. The molecular formula is C31H42N3O9P. The van der Waals surface area contributed by atoms with Crippen molar-refractivity contribution in [1.29, 1.82) is 0 Å². The Hall–Kier alpha value is -3.51. The number of rotatable bonds is 16. The Morgan fingerprint density at radius 1 is 1.18 bits per heavy atom. The summed E-state index contributed by atoms with van der Waals surface area (Å²) in [5.74, 6) is -2.37. The molecule has 0 aromatic heterocycles. The van der Waals surface area contributed by atoms with E-state index in [-0.39, 0.29) is 25.4 Å². The molecule has 0 aliphatic carbocycles. The van der Waals surface area contributed by atoms with Crippen LogP contribution in [-0.4, -0.2) is 53.9 Å². The molecular weight excluding hydrogens is 589 g/mol. The lowest BCUT2D eigenvalue weighted by Crippen LogP contribution is -2.40. The summed E-state index contributed by atoms with van der Waals surface area (Å²) >= 11 is 0. The second kappa shape index (κ2) is 16.0. The summed E-state index contributed by atoms with van der Waals surface area (Å²) < 4.78 is 42.8. The Balaban J connectivity index is 1.69. The number of ether oxygens (including phenoxy) is 3. The average molecular weight is 632 g/mol. The summed E-state index contributed by atoms with van der Waals surface area (Å²) in [5.41, 5.74) is 7.39. The molecule has 2 aromatic rings. The molecule has 240 valence electrons. The van der Waals surface area contributed by atoms with Crippen molar-refractivity contribution in [3.05, 3.63) is 89.6 Å². The Morgan fingerprint density at radius 3 is 2.50 bits per heavy atom. The lowest BCUT2D eigenvalue weighted by Gasteiger charge is -2.26. The van der Waals surface area contributed by atoms with Crippen LogP contribution in [0.2, 0.25) is 0 Å². The van der Waals surface area contributed by atoms with Gasteiger partial charge in [-0.1, -0.05) is 54.1 Å². The van der Waals surface area contributed by atoms with Crippen molar-refractivity contribution in [2.75, 3.05) is 6.61 Å². The van der Waals surface area contributed by atoms with Gasteiger partial charge in [0, 0.05) is 12.0 Å². The third-order valence-corrected chi connectivity index (χ3v) is 7.95. The first-order chi connectivity index (χ1) is 20.7. The number of benzene rings is 2. The van der Waals surface area contributed by atoms with Crippen LogP contribution in [0, 0.1) is 6.92 Å². The molecule has 1 aliphatic heterocycles. The molecule has 1 heterocycles. The predicted molar refractivity (Wildman–Crippen MR) is 164 cm³/mol. The second-order valence-corrected chi connectivity index (χ2v) is 12.6. The summed E-state index contributed by atoms with van der Waals surface area (Å²) in [4.78, 5) is 24.0. The summed E-state index contributed by atoms with van der Waals surface area (Å²) in [5, 5.41) is 16.0. The van der Waals surface area contributed by atoms with Gasteiger partial charge in [0.05, 0.1) is 12.7 Å². The number of aliphatic hydroxyl groups is 1. The van der Waals surface area contributed by atoms with Crippen LogP contribution >= 0.6 is 7.75 Å². The first kappa shape index (κ1) is 35.0. The second-order valence-electron chi connectivity index (χ2n) is 10.9. The van der Waals surface area contributed by atoms with E-state index in [1.54, 1.807) is 43.5 Å². The number of allylic oxidation sites excluding steroid dienone is 2. The first-order valence-corrected chi connectivity index (χ1v) is 15.7. The van der Waals surface area contributed by atoms with Crippen molar-refractivity contribution in [3.63, 3.8) is 0 Å². The molecule has 5 N–H and O–H groups in total. The molecule has 12 nitrogen and oxygen atoms in total. The Morgan fingerprint density at radius 2 is 1.86 bits per heavy atom. The lowest BCUT2D eigenvalue weighted by atomic mass is 10.2. The smallest absolute Gasteiger partial charge is 0.459 e. The van der Waals surface area contributed by atoms with Gasteiger partial charge in [-0.05, 0) is 64.6 Å². The van der Waals surface area contributed by atoms with Gasteiger partial charge in [0.1, 0.15) is 24.5 Å². The van der Waals surface area contributed by atoms with E-state index in [9.17, 15) is 19.3 Å². The third kappa shape index (κ3) is 11.9. The van der Waals surface area contributed by atoms with Crippen molar-refractivity contribution in [1.82, 2.24) is 10.4 Å². The van der Waals surface area contributed by atoms with E-state index in [4.69, 9.17) is 29.0 Å². The lowest BCUT2D eigenvalue weighted by molar-refractivity contribution is -0.216. The highest BCUT2D eigenvalue weighted by Crippen LogP contribution is 2.45. The molecule has 0 bridgehead atoms. The van der Waals surface area contributed by atoms with Crippen LogP contribution in [0.1, 0.15) is 45.2 Å². The van der Waals surface area contributed by atoms with Gasteiger partial charge < -0.3 is 34.9 Å². The zero-order valence-electron chi connectivity index (χ0n) is 25.6. The number of primary amides is 1. The number of esters is 1. The summed E-state index contributed by atoms with van der Waals surface area (Å²) in [6.45, 7) is 7.83. The molecule has 1 saturated heterocycles. The van der Waals surface area contributed by atoms with Crippen LogP contribution in [0.3, 0.4) is 0 Å². The number of amides is 1. The van der Waals surface area contributed by atoms with Gasteiger partial charge in [-0.2, -0.15) is 5.09 Å². The zero-order valence-corrected chi connectivity index (χ0v) is 26.5. The molecule has 13 heteroatoms. The number of nitrogens with two attached hydrogens (primary N) is 1. The van der Waals surface area contributed by atoms with Gasteiger partial charge in [0.15, 0.2) is 12.0 Å². The number of carbonyl (C=O) groups is 2. The highest BCUT2D eigenvalue weighted by molar-refractivity contribution is 7.52. The average Bonchev–Trinajstić information content (AvgIpc) is 3.34. The molecule has 1 fully saturated rings. The van der Waals surface area contributed by atoms with Crippen molar-refractivity contribution >= 4 is 19.6 Å². The molecule has 44 heavy (non-hydrogen) atoms. The minimum Gasteiger partial charge on any atom is -0.460 e. The molecule has 1 amide bonds. The molecule has 3 rings (SSSR count). The van der Waals surface area contributed by atoms with Crippen LogP contribution in [0.15, 0.2) is 78.5 Å². The van der Waals surface area contributed by atoms with Crippen molar-refractivity contribution < 1.29 is 42.5 Å². The van der Waals surface area contributed by atoms with E-state index in [1.165, 1.54) is 26.8 Å². The third-order valence-electron chi connectivity index (χ3n) is 6.31. The number of aryl methyl sites for hydroxylation is 1. The van der Waals surface area contributed by atoms with Gasteiger partial charge in [0.25, 0.3) is 0 Å². The molecule has 4 unspecified atom stereocenters. The molecule has 0 radical (unpaired) electrons. The fourth-order valence-corrected chi connectivity index (χ4v) is 5.57. The van der Waals surface area contributed by atoms with Crippen molar-refractivity contribution in [2.24, 2.45) is 5.73 Å². The molecule has 5 atom stereocenters. The predicted octanol–water partition coefficient (Wildman–Crippen LogP) is 3.98. The van der Waals surface area contributed by atoms with E-state index in [1.807, 2.05) is 37.3 Å². The van der Waals surface area contributed by atoms with Gasteiger partial charge >= 0.3 is 13.7 Å².